The Kier molecular flexibility index (Phi) is 4.06. The highest BCUT2D eigenvalue weighted by atomic mass is 32.2. The van der Waals surface area contributed by atoms with E-state index in [1.165, 1.54) is 18.0 Å². The van der Waals surface area contributed by atoms with Crippen molar-refractivity contribution in [2.75, 3.05) is 0 Å². The molecule has 0 unspecified atom stereocenters. The number of thioether (sulfide) groups is 1. The fourth-order valence-electron chi connectivity index (χ4n) is 2.35. The van der Waals surface area contributed by atoms with E-state index in [2.05, 4.69) is 25.2 Å². The summed E-state index contributed by atoms with van der Waals surface area (Å²) in [5, 5.41) is 9.06. The van der Waals surface area contributed by atoms with Gasteiger partial charge in [-0.05, 0) is 12.1 Å². The van der Waals surface area contributed by atoms with Crippen molar-refractivity contribution in [1.29, 1.82) is 0 Å². The summed E-state index contributed by atoms with van der Waals surface area (Å²) >= 11 is 1.33. The summed E-state index contributed by atoms with van der Waals surface area (Å²) < 4.78 is 6.80. The quantitative estimate of drug-likeness (QED) is 0.433. The normalized spacial score (nSPS) is 11.2. The van der Waals surface area contributed by atoms with Crippen LogP contribution in [0.15, 0.2) is 51.0 Å². The van der Waals surface area contributed by atoms with Gasteiger partial charge in [-0.3, -0.25) is 4.79 Å². The summed E-state index contributed by atoms with van der Waals surface area (Å²) in [5.41, 5.74) is 1.13. The molecule has 9 heteroatoms. The van der Waals surface area contributed by atoms with E-state index in [4.69, 9.17) is 4.52 Å². The first kappa shape index (κ1) is 15.6. The molecule has 0 aliphatic heterocycles. The largest absolute Gasteiger partial charge is 0.338 e. The van der Waals surface area contributed by atoms with Crippen LogP contribution in [0.5, 0.6) is 0 Å². The summed E-state index contributed by atoms with van der Waals surface area (Å²) in [6, 6.07) is 9.56. The maximum Gasteiger partial charge on any atom is 0.262 e. The van der Waals surface area contributed by atoms with Crippen LogP contribution in [0.1, 0.15) is 18.6 Å². The monoisotopic (exact) mass is 354 g/mol. The van der Waals surface area contributed by atoms with E-state index in [-0.39, 0.29) is 5.56 Å². The highest BCUT2D eigenvalue weighted by Gasteiger charge is 2.13. The highest BCUT2D eigenvalue weighted by molar-refractivity contribution is 7.98. The van der Waals surface area contributed by atoms with Gasteiger partial charge >= 0.3 is 0 Å². The fraction of sp³-hybridized carbons (Fsp3) is 0.188. The van der Waals surface area contributed by atoms with Crippen molar-refractivity contribution in [3.8, 4) is 5.69 Å². The van der Waals surface area contributed by atoms with Crippen molar-refractivity contribution in [1.82, 2.24) is 29.9 Å². The van der Waals surface area contributed by atoms with Crippen molar-refractivity contribution >= 4 is 22.8 Å². The van der Waals surface area contributed by atoms with E-state index in [0.717, 1.165) is 5.69 Å². The van der Waals surface area contributed by atoms with Gasteiger partial charge in [-0.2, -0.15) is 10.1 Å². The Morgan fingerprint density at radius 3 is 2.84 bits per heavy atom. The molecule has 0 radical (unpaired) electrons. The Labute approximate surface area is 146 Å². The van der Waals surface area contributed by atoms with E-state index in [0.29, 0.717) is 40.1 Å². The average molecular weight is 354 g/mol. The Morgan fingerprint density at radius 2 is 2.08 bits per heavy atom. The molecule has 0 saturated carbocycles. The van der Waals surface area contributed by atoms with E-state index in [1.807, 2.05) is 37.3 Å². The lowest BCUT2D eigenvalue weighted by Crippen LogP contribution is -2.09. The van der Waals surface area contributed by atoms with Crippen molar-refractivity contribution < 1.29 is 4.52 Å². The molecule has 0 aliphatic carbocycles. The second-order valence-electron chi connectivity index (χ2n) is 5.25. The molecule has 0 spiro atoms. The van der Waals surface area contributed by atoms with Crippen LogP contribution in [0.3, 0.4) is 0 Å². The zero-order valence-electron chi connectivity index (χ0n) is 13.3. The summed E-state index contributed by atoms with van der Waals surface area (Å²) in [6.07, 6.45) is 2.24. The van der Waals surface area contributed by atoms with Crippen LogP contribution in [0, 0.1) is 0 Å². The Bertz CT molecular complexity index is 1070. The molecule has 1 N–H and O–H groups in total. The van der Waals surface area contributed by atoms with Gasteiger partial charge in [-0.15, -0.1) is 0 Å². The van der Waals surface area contributed by atoms with Crippen molar-refractivity contribution in [2.24, 2.45) is 0 Å². The van der Waals surface area contributed by atoms with E-state index in [9.17, 15) is 4.79 Å². The number of aromatic nitrogens is 6. The molecule has 126 valence electrons. The first-order valence-electron chi connectivity index (χ1n) is 7.72. The summed E-state index contributed by atoms with van der Waals surface area (Å²) in [6.45, 7) is 1.96. The van der Waals surface area contributed by atoms with Gasteiger partial charge in [0.15, 0.2) is 16.6 Å². The highest BCUT2D eigenvalue weighted by Crippen LogP contribution is 2.20. The number of nitrogens with one attached hydrogen (secondary N) is 1. The molecule has 0 atom stereocenters. The minimum absolute atomic E-state index is 0.227. The topological polar surface area (TPSA) is 102 Å². The number of rotatable bonds is 5. The van der Waals surface area contributed by atoms with Gasteiger partial charge in [0, 0.05) is 6.42 Å². The van der Waals surface area contributed by atoms with Crippen LogP contribution in [-0.4, -0.2) is 29.9 Å². The number of aromatic amines is 1. The summed E-state index contributed by atoms with van der Waals surface area (Å²) in [5.74, 6) is 1.59. The molecule has 3 aromatic heterocycles. The molecular formula is C16H14N6O2S. The third-order valence-corrected chi connectivity index (χ3v) is 4.43. The van der Waals surface area contributed by atoms with Crippen molar-refractivity contribution in [2.45, 2.75) is 24.3 Å². The Balaban J connectivity index is 1.67. The molecule has 25 heavy (non-hydrogen) atoms. The number of fused-ring (bicyclic) bond motifs is 1. The first-order chi connectivity index (χ1) is 12.2. The van der Waals surface area contributed by atoms with Crippen LogP contribution in [-0.2, 0) is 12.2 Å². The van der Waals surface area contributed by atoms with Gasteiger partial charge in [-0.1, -0.05) is 42.0 Å². The van der Waals surface area contributed by atoms with Gasteiger partial charge in [0.25, 0.3) is 5.56 Å². The van der Waals surface area contributed by atoms with Gasteiger partial charge in [0.05, 0.1) is 17.6 Å². The number of para-hydroxylation sites is 1. The maximum atomic E-state index is 12.3. The third-order valence-electron chi connectivity index (χ3n) is 3.58. The second kappa shape index (κ2) is 6.52. The molecule has 0 fully saturated rings. The van der Waals surface area contributed by atoms with Crippen LogP contribution >= 0.6 is 11.8 Å². The summed E-state index contributed by atoms with van der Waals surface area (Å²) in [7, 11) is 0. The molecule has 0 aliphatic rings. The zero-order valence-corrected chi connectivity index (χ0v) is 14.2. The third kappa shape index (κ3) is 3.05. The Morgan fingerprint density at radius 1 is 1.24 bits per heavy atom. The Hall–Kier alpha value is -2.94. The number of benzene rings is 1. The smallest absolute Gasteiger partial charge is 0.262 e. The zero-order chi connectivity index (χ0) is 17.2. The first-order valence-corrected chi connectivity index (χ1v) is 8.71. The number of nitrogens with zero attached hydrogens (tertiary/aromatic N) is 5. The van der Waals surface area contributed by atoms with Crippen LogP contribution in [0.4, 0.5) is 0 Å². The molecule has 1 aromatic carbocycles. The second-order valence-corrected chi connectivity index (χ2v) is 6.21. The lowest BCUT2D eigenvalue weighted by atomic mass is 10.3. The molecule has 3 heterocycles. The average Bonchev–Trinajstić information content (AvgIpc) is 3.27. The minimum Gasteiger partial charge on any atom is -0.338 e. The lowest BCUT2D eigenvalue weighted by Gasteiger charge is -2.03. The fourth-order valence-corrected chi connectivity index (χ4v) is 3.04. The number of hydrogen-bond donors (Lipinski definition) is 1. The molecular weight excluding hydrogens is 340 g/mol. The van der Waals surface area contributed by atoms with Crippen molar-refractivity contribution in [3.05, 3.63) is 58.6 Å². The number of aryl methyl sites for hydroxylation is 1. The van der Waals surface area contributed by atoms with Gasteiger partial charge < -0.3 is 9.51 Å². The molecule has 4 rings (SSSR count). The summed E-state index contributed by atoms with van der Waals surface area (Å²) in [4.78, 5) is 23.8. The number of hydrogen-bond acceptors (Lipinski definition) is 7. The lowest BCUT2D eigenvalue weighted by molar-refractivity contribution is 0.385. The van der Waals surface area contributed by atoms with Crippen LogP contribution < -0.4 is 5.56 Å². The molecule has 8 nitrogen and oxygen atoms in total. The van der Waals surface area contributed by atoms with Gasteiger partial charge in [-0.25, -0.2) is 9.67 Å². The predicted octanol–water partition coefficient (Wildman–Crippen LogP) is 2.35. The number of H-pyrrole nitrogens is 1. The maximum absolute atomic E-state index is 12.3. The van der Waals surface area contributed by atoms with E-state index < -0.39 is 0 Å². The standard InChI is InChI=1S/C16H14N6O2S/c1-2-12-18-13(24-21-12)9-25-16-19-14-11(15(23)20-16)8-17-22(14)10-6-4-3-5-7-10/h3-8H,2,9H2,1H3,(H,19,20,23). The molecule has 0 saturated heterocycles. The van der Waals surface area contributed by atoms with Gasteiger partial charge in [0.1, 0.15) is 5.39 Å². The van der Waals surface area contributed by atoms with E-state index >= 15 is 0 Å². The molecule has 0 amide bonds. The molecule has 4 aromatic rings. The SMILES string of the molecule is CCc1noc(CSc2nc3c(cnn3-c3ccccc3)c(=O)[nH]2)n1. The van der Waals surface area contributed by atoms with Crippen LogP contribution in [0.2, 0.25) is 0 Å². The van der Waals surface area contributed by atoms with Crippen molar-refractivity contribution in [3.63, 3.8) is 0 Å². The van der Waals surface area contributed by atoms with Crippen LogP contribution in [0.25, 0.3) is 16.7 Å². The van der Waals surface area contributed by atoms with Gasteiger partial charge in [0.2, 0.25) is 5.89 Å². The predicted molar refractivity (Wildman–Crippen MR) is 92.7 cm³/mol. The minimum atomic E-state index is -0.227. The molecule has 0 bridgehead atoms. The van der Waals surface area contributed by atoms with E-state index in [1.54, 1.807) is 4.68 Å².